The van der Waals surface area contributed by atoms with Gasteiger partial charge in [0, 0.05) is 55.6 Å². The van der Waals surface area contributed by atoms with E-state index in [1.54, 1.807) is 18.2 Å². The molecule has 3 aliphatic rings. The first kappa shape index (κ1) is 24.4. The number of piperidine rings is 1. The first-order valence-electron chi connectivity index (χ1n) is 13.1. The first-order chi connectivity index (χ1) is 16.9. The van der Waals surface area contributed by atoms with Gasteiger partial charge in [-0.05, 0) is 65.1 Å². The molecule has 35 heavy (non-hydrogen) atoms. The van der Waals surface area contributed by atoms with Crippen molar-refractivity contribution in [2.75, 3.05) is 26.2 Å². The van der Waals surface area contributed by atoms with Crippen LogP contribution in [-0.4, -0.2) is 76.0 Å². The maximum Gasteiger partial charge on any atom is 0.272 e. The van der Waals surface area contributed by atoms with Gasteiger partial charge in [0.2, 0.25) is 0 Å². The number of likely N-dealkylation sites (tertiary alicyclic amines) is 1. The summed E-state index contributed by atoms with van der Waals surface area (Å²) in [5, 5.41) is 7.45. The van der Waals surface area contributed by atoms with Gasteiger partial charge in [0.05, 0.1) is 12.2 Å². The fourth-order valence-corrected chi connectivity index (χ4v) is 6.30. The Kier molecular flexibility index (Phi) is 7.23. The molecule has 1 aromatic carbocycles. The summed E-state index contributed by atoms with van der Waals surface area (Å²) in [6.45, 7) is 8.77. The molecule has 0 spiro atoms. The van der Waals surface area contributed by atoms with E-state index in [-0.39, 0.29) is 18.3 Å². The number of ether oxygens (including phenoxy) is 1. The topological polar surface area (TPSA) is 62.6 Å². The number of fused-ring (bicyclic) bond motifs is 1. The molecule has 2 saturated heterocycles. The second-order valence-corrected chi connectivity index (χ2v) is 10.5. The van der Waals surface area contributed by atoms with E-state index < -0.39 is 0 Å². The number of rotatable bonds is 5. The summed E-state index contributed by atoms with van der Waals surface area (Å²) in [5.41, 5.74) is 3.20. The van der Waals surface area contributed by atoms with Crippen molar-refractivity contribution in [2.24, 2.45) is 7.05 Å². The Morgan fingerprint density at radius 3 is 2.51 bits per heavy atom. The van der Waals surface area contributed by atoms with Gasteiger partial charge in [0.25, 0.3) is 5.91 Å². The van der Waals surface area contributed by atoms with Crippen LogP contribution in [0.2, 0.25) is 0 Å². The van der Waals surface area contributed by atoms with Crippen LogP contribution in [0.1, 0.15) is 60.4 Å². The normalized spacial score (nSPS) is 26.5. The molecule has 2 aromatic rings. The molecule has 3 atom stereocenters. The number of halogens is 1. The van der Waals surface area contributed by atoms with Gasteiger partial charge in [-0.15, -0.1) is 0 Å². The highest BCUT2D eigenvalue weighted by Gasteiger charge is 2.35. The number of benzene rings is 1. The predicted octanol–water partition coefficient (Wildman–Crippen LogP) is 2.92. The molecular formula is C27H38FN5O2. The van der Waals surface area contributed by atoms with Crippen molar-refractivity contribution >= 4 is 5.91 Å². The lowest BCUT2D eigenvalue weighted by atomic mass is 9.88. The van der Waals surface area contributed by atoms with Crippen LogP contribution in [0.3, 0.4) is 0 Å². The summed E-state index contributed by atoms with van der Waals surface area (Å²) >= 11 is 0. The molecule has 1 aromatic heterocycles. The highest BCUT2D eigenvalue weighted by molar-refractivity contribution is 5.94. The van der Waals surface area contributed by atoms with Crippen molar-refractivity contribution in [1.82, 2.24) is 24.9 Å². The van der Waals surface area contributed by atoms with E-state index in [0.29, 0.717) is 35.5 Å². The second kappa shape index (κ2) is 10.4. The highest BCUT2D eigenvalue weighted by Crippen LogP contribution is 2.30. The lowest BCUT2D eigenvalue weighted by molar-refractivity contribution is -0.0875. The minimum Gasteiger partial charge on any atom is -0.373 e. The van der Waals surface area contributed by atoms with Gasteiger partial charge < -0.3 is 10.1 Å². The highest BCUT2D eigenvalue weighted by atomic mass is 19.1. The Hall–Kier alpha value is -2.29. The van der Waals surface area contributed by atoms with Crippen molar-refractivity contribution in [1.29, 1.82) is 0 Å². The van der Waals surface area contributed by atoms with Crippen LogP contribution in [0.4, 0.5) is 4.39 Å². The van der Waals surface area contributed by atoms with E-state index in [4.69, 9.17) is 4.74 Å². The van der Waals surface area contributed by atoms with E-state index >= 15 is 0 Å². The van der Waals surface area contributed by atoms with E-state index in [9.17, 15) is 9.18 Å². The molecule has 3 heterocycles. The lowest BCUT2D eigenvalue weighted by Gasteiger charge is -2.45. The van der Waals surface area contributed by atoms with Gasteiger partial charge in [-0.1, -0.05) is 18.2 Å². The van der Waals surface area contributed by atoms with E-state index in [0.717, 1.165) is 56.7 Å². The Labute approximate surface area is 207 Å². The first-order valence-corrected chi connectivity index (χ1v) is 13.1. The van der Waals surface area contributed by atoms with Crippen LogP contribution in [0, 0.1) is 5.82 Å². The van der Waals surface area contributed by atoms with Crippen molar-refractivity contribution < 1.29 is 13.9 Å². The van der Waals surface area contributed by atoms with Crippen LogP contribution >= 0.6 is 0 Å². The Bertz CT molecular complexity index is 1040. The van der Waals surface area contributed by atoms with Crippen molar-refractivity contribution in [3.63, 3.8) is 0 Å². The molecule has 2 fully saturated rings. The van der Waals surface area contributed by atoms with Gasteiger partial charge in [-0.25, -0.2) is 4.39 Å². The molecule has 1 amide bonds. The summed E-state index contributed by atoms with van der Waals surface area (Å²) in [5.74, 6) is -0.527. The molecular weight excluding hydrogens is 445 g/mol. The van der Waals surface area contributed by atoms with Gasteiger partial charge in [0.15, 0.2) is 5.69 Å². The fourth-order valence-electron chi connectivity index (χ4n) is 6.30. The zero-order chi connectivity index (χ0) is 24.5. The summed E-state index contributed by atoms with van der Waals surface area (Å²) in [6, 6.07) is 7.62. The van der Waals surface area contributed by atoms with E-state index in [1.807, 2.05) is 11.7 Å². The molecule has 7 nitrogen and oxygen atoms in total. The third-order valence-corrected chi connectivity index (χ3v) is 8.02. The van der Waals surface area contributed by atoms with Crippen molar-refractivity contribution in [3.8, 4) is 0 Å². The minimum atomic E-state index is -0.305. The largest absolute Gasteiger partial charge is 0.373 e. The Balaban J connectivity index is 1.21. The number of hydrogen-bond acceptors (Lipinski definition) is 5. The maximum absolute atomic E-state index is 14.0. The maximum atomic E-state index is 14.0. The van der Waals surface area contributed by atoms with Crippen LogP contribution < -0.4 is 5.32 Å². The Morgan fingerprint density at radius 1 is 1.09 bits per heavy atom. The van der Waals surface area contributed by atoms with Gasteiger partial charge in [-0.2, -0.15) is 5.10 Å². The predicted molar refractivity (Wildman–Crippen MR) is 133 cm³/mol. The number of carbonyl (C=O) groups is 1. The SMILES string of the molecule is C[C@@H]1CN(C2CCN(C3CCc4c(c(C(=O)NCc5ccccc5F)nn4C)C3)CC2)C[C@H](C)O1. The van der Waals surface area contributed by atoms with E-state index in [2.05, 4.69) is 34.1 Å². The minimum absolute atomic E-state index is 0.159. The summed E-state index contributed by atoms with van der Waals surface area (Å²) in [6.07, 6.45) is 5.87. The summed E-state index contributed by atoms with van der Waals surface area (Å²) in [7, 11) is 1.92. The van der Waals surface area contributed by atoms with Crippen LogP contribution in [-0.2, 0) is 31.2 Å². The average molecular weight is 484 g/mol. The van der Waals surface area contributed by atoms with E-state index in [1.165, 1.54) is 18.9 Å². The zero-order valence-electron chi connectivity index (χ0n) is 21.2. The van der Waals surface area contributed by atoms with Gasteiger partial charge >= 0.3 is 0 Å². The second-order valence-electron chi connectivity index (χ2n) is 10.5. The van der Waals surface area contributed by atoms with Gasteiger partial charge in [0.1, 0.15) is 5.82 Å². The number of amides is 1. The molecule has 1 unspecified atom stereocenters. The number of carbonyl (C=O) groups excluding carboxylic acids is 1. The number of aromatic nitrogens is 2. The lowest BCUT2D eigenvalue weighted by Crippen LogP contribution is -2.54. The summed E-state index contributed by atoms with van der Waals surface area (Å²) < 4.78 is 21.8. The third kappa shape index (κ3) is 5.29. The fraction of sp³-hybridized carbons (Fsp3) is 0.630. The number of hydrogen-bond donors (Lipinski definition) is 1. The molecule has 0 radical (unpaired) electrons. The quantitative estimate of drug-likeness (QED) is 0.709. The number of morpholine rings is 1. The molecule has 2 aliphatic heterocycles. The molecule has 0 bridgehead atoms. The van der Waals surface area contributed by atoms with Gasteiger partial charge in [-0.3, -0.25) is 19.3 Å². The van der Waals surface area contributed by atoms with Crippen molar-refractivity contribution in [3.05, 3.63) is 52.6 Å². The van der Waals surface area contributed by atoms with Crippen LogP contribution in [0.15, 0.2) is 24.3 Å². The number of nitrogens with one attached hydrogen (secondary N) is 1. The molecule has 1 N–H and O–H groups in total. The summed E-state index contributed by atoms with van der Waals surface area (Å²) in [4.78, 5) is 18.3. The van der Waals surface area contributed by atoms with Crippen LogP contribution in [0.5, 0.6) is 0 Å². The third-order valence-electron chi connectivity index (χ3n) is 8.02. The standard InChI is InChI=1S/C27H38FN5O2/c1-18-16-33(17-19(2)35-18)21-10-12-32(13-11-21)22-8-9-25-23(14-22)26(30-31(25)3)27(34)29-15-20-6-4-5-7-24(20)28/h4-7,18-19,21-22H,8-17H2,1-3H3,(H,29,34)/t18-,19+,22?. The number of aryl methyl sites for hydroxylation is 1. The monoisotopic (exact) mass is 483 g/mol. The smallest absolute Gasteiger partial charge is 0.272 e. The molecule has 5 rings (SSSR count). The molecule has 1 aliphatic carbocycles. The zero-order valence-corrected chi connectivity index (χ0v) is 21.2. The van der Waals surface area contributed by atoms with Crippen LogP contribution in [0.25, 0.3) is 0 Å². The number of nitrogens with zero attached hydrogens (tertiary/aromatic N) is 4. The molecule has 0 saturated carbocycles. The average Bonchev–Trinajstić information content (AvgIpc) is 3.19. The van der Waals surface area contributed by atoms with Crippen molar-refractivity contribution in [2.45, 2.75) is 76.8 Å². The molecule has 8 heteroatoms. The molecule has 190 valence electrons. The Morgan fingerprint density at radius 2 is 1.80 bits per heavy atom.